The molecule has 9 nitrogen and oxygen atoms in total. The summed E-state index contributed by atoms with van der Waals surface area (Å²) in [4.78, 5) is 37.7. The maximum atomic E-state index is 13.0. The van der Waals surface area contributed by atoms with E-state index in [4.69, 9.17) is 9.47 Å². The molecule has 2 aliphatic rings. The Bertz CT molecular complexity index is 1920. The Kier molecular flexibility index (Phi) is 11.9. The number of carboxylic acids is 1. The van der Waals surface area contributed by atoms with E-state index < -0.39 is 36.3 Å². The lowest BCUT2D eigenvalue weighted by Gasteiger charge is -2.41. The molecule has 5 atom stereocenters. The van der Waals surface area contributed by atoms with Crippen molar-refractivity contribution in [1.29, 1.82) is 0 Å². The number of aliphatic hydroxyl groups is 1. The fraction of sp³-hybridized carbons (Fsp3) is 0.325. The summed E-state index contributed by atoms with van der Waals surface area (Å²) in [6.07, 6.45) is -5.94. The lowest BCUT2D eigenvalue weighted by Crippen LogP contribution is -2.50. The summed E-state index contributed by atoms with van der Waals surface area (Å²) in [7, 11) is 0. The number of amides is 2. The molecule has 2 heterocycles. The van der Waals surface area contributed by atoms with Crippen LogP contribution in [0.3, 0.4) is 0 Å². The first-order valence-corrected chi connectivity index (χ1v) is 18.2. The molecule has 2 amide bonds. The number of ether oxygens (including phenoxy) is 2. The zero-order chi connectivity index (χ0) is 37.7. The van der Waals surface area contributed by atoms with Gasteiger partial charge in [-0.25, -0.2) is 4.79 Å². The number of thioether (sulfide) groups is 1. The van der Waals surface area contributed by atoms with Crippen molar-refractivity contribution in [1.82, 2.24) is 10.2 Å². The molecule has 0 bridgehead atoms. The zero-order valence-electron chi connectivity index (χ0n) is 28.8. The van der Waals surface area contributed by atoms with E-state index in [0.717, 1.165) is 33.4 Å². The third-order valence-electron chi connectivity index (χ3n) is 9.61. The summed E-state index contributed by atoms with van der Waals surface area (Å²) in [6, 6.07) is 28.4. The standard InChI is InChI=1S/C40H39F3N2O7S/c1-24-33(23-53-34-10-3-2-8-31(34)37(48)49)51-38(52-35(24)28-13-11-25(22-46)12-14-28)29-17-15-27(16-18-29)30-7-4-6-26(20-30)21-44-36(47)32-9-5-19-45(32)39(50)40(41,42)43/h2-4,6-8,10-18,20,24,32-33,35,38,46H,5,9,19,21-23H2,1H3,(H,44,47)(H,48,49)/t24-,32-,33+,35+,38+/m0/s1. The number of hydrogen-bond acceptors (Lipinski definition) is 7. The van der Waals surface area contributed by atoms with Crippen LogP contribution in [0.5, 0.6) is 0 Å². The number of likely N-dealkylation sites (tertiary alicyclic amines) is 1. The van der Waals surface area contributed by atoms with E-state index in [-0.39, 0.29) is 49.8 Å². The summed E-state index contributed by atoms with van der Waals surface area (Å²) in [6.45, 7) is 1.93. The van der Waals surface area contributed by atoms with Gasteiger partial charge >= 0.3 is 18.1 Å². The van der Waals surface area contributed by atoms with Gasteiger partial charge in [-0.3, -0.25) is 9.59 Å². The Labute approximate surface area is 309 Å². The Morgan fingerprint density at radius 1 is 0.887 bits per heavy atom. The number of rotatable bonds is 11. The van der Waals surface area contributed by atoms with Crippen molar-refractivity contribution < 1.29 is 47.2 Å². The van der Waals surface area contributed by atoms with Gasteiger partial charge in [-0.15, -0.1) is 11.8 Å². The molecule has 2 fully saturated rings. The van der Waals surface area contributed by atoms with Crippen molar-refractivity contribution in [2.75, 3.05) is 12.3 Å². The van der Waals surface area contributed by atoms with Crippen molar-refractivity contribution in [3.8, 4) is 11.1 Å². The highest BCUT2D eigenvalue weighted by Crippen LogP contribution is 2.43. The second kappa shape index (κ2) is 16.5. The summed E-state index contributed by atoms with van der Waals surface area (Å²) >= 11 is 1.42. The van der Waals surface area contributed by atoms with Crippen LogP contribution in [0.1, 0.15) is 64.8 Å². The maximum absolute atomic E-state index is 13.0. The van der Waals surface area contributed by atoms with E-state index in [1.807, 2.05) is 73.7 Å². The lowest BCUT2D eigenvalue weighted by molar-refractivity contribution is -0.268. The van der Waals surface area contributed by atoms with Gasteiger partial charge < -0.3 is 29.9 Å². The molecule has 2 saturated heterocycles. The van der Waals surface area contributed by atoms with E-state index in [0.29, 0.717) is 22.0 Å². The van der Waals surface area contributed by atoms with Gasteiger partial charge in [0.25, 0.3) is 0 Å². The predicted molar refractivity (Wildman–Crippen MR) is 192 cm³/mol. The minimum Gasteiger partial charge on any atom is -0.478 e. The highest BCUT2D eigenvalue weighted by atomic mass is 32.2. The molecule has 0 saturated carbocycles. The number of hydrogen-bond donors (Lipinski definition) is 3. The molecule has 0 unspecified atom stereocenters. The average Bonchev–Trinajstić information content (AvgIpc) is 3.66. The van der Waals surface area contributed by atoms with Crippen molar-refractivity contribution in [2.24, 2.45) is 5.92 Å². The first-order chi connectivity index (χ1) is 25.4. The molecule has 53 heavy (non-hydrogen) atoms. The fourth-order valence-electron chi connectivity index (χ4n) is 6.70. The number of aliphatic hydroxyl groups excluding tert-OH is 1. The van der Waals surface area contributed by atoms with Crippen molar-refractivity contribution >= 4 is 29.5 Å². The van der Waals surface area contributed by atoms with E-state index in [1.165, 1.54) is 11.8 Å². The van der Waals surface area contributed by atoms with E-state index >= 15 is 0 Å². The van der Waals surface area contributed by atoms with Crippen LogP contribution in [0.2, 0.25) is 0 Å². The predicted octanol–water partition coefficient (Wildman–Crippen LogP) is 7.30. The normalized spacial score (nSPS) is 21.7. The minimum absolute atomic E-state index is 0.0774. The van der Waals surface area contributed by atoms with Gasteiger partial charge in [0.1, 0.15) is 6.04 Å². The summed E-state index contributed by atoms with van der Waals surface area (Å²) in [5, 5.41) is 22.0. The summed E-state index contributed by atoms with van der Waals surface area (Å²) in [5.41, 5.74) is 5.17. The fourth-order valence-corrected chi connectivity index (χ4v) is 7.91. The third-order valence-corrected chi connectivity index (χ3v) is 10.8. The van der Waals surface area contributed by atoms with E-state index in [1.54, 1.807) is 30.3 Å². The van der Waals surface area contributed by atoms with E-state index in [2.05, 4.69) is 5.32 Å². The molecule has 0 spiro atoms. The Hall–Kier alpha value is -4.69. The van der Waals surface area contributed by atoms with Crippen LogP contribution in [0.25, 0.3) is 11.1 Å². The number of benzene rings is 4. The van der Waals surface area contributed by atoms with Crippen LogP contribution in [0.4, 0.5) is 13.2 Å². The maximum Gasteiger partial charge on any atom is 0.471 e. The number of nitrogens with zero attached hydrogens (tertiary/aromatic N) is 1. The summed E-state index contributed by atoms with van der Waals surface area (Å²) in [5.74, 6) is -3.23. The second-order valence-corrected chi connectivity index (χ2v) is 14.2. The lowest BCUT2D eigenvalue weighted by atomic mass is 9.91. The van der Waals surface area contributed by atoms with E-state index in [9.17, 15) is 37.8 Å². The zero-order valence-corrected chi connectivity index (χ0v) is 29.6. The molecule has 0 aromatic heterocycles. The Morgan fingerprint density at radius 2 is 1.60 bits per heavy atom. The van der Waals surface area contributed by atoms with Crippen molar-refractivity contribution in [3.63, 3.8) is 0 Å². The van der Waals surface area contributed by atoms with Gasteiger partial charge in [0.05, 0.1) is 24.4 Å². The molecule has 0 aliphatic carbocycles. The van der Waals surface area contributed by atoms with Crippen LogP contribution >= 0.6 is 11.8 Å². The largest absolute Gasteiger partial charge is 0.478 e. The van der Waals surface area contributed by atoms with Crippen LogP contribution in [0.15, 0.2) is 102 Å². The molecule has 3 N–H and O–H groups in total. The van der Waals surface area contributed by atoms with Gasteiger partial charge in [0.15, 0.2) is 6.29 Å². The Morgan fingerprint density at radius 3 is 2.30 bits per heavy atom. The van der Waals surface area contributed by atoms with Gasteiger partial charge in [0, 0.05) is 35.2 Å². The molecule has 6 rings (SSSR count). The molecular formula is C40H39F3N2O7S. The third kappa shape index (κ3) is 8.93. The van der Waals surface area contributed by atoms with Gasteiger partial charge in [-0.2, -0.15) is 13.2 Å². The molecule has 13 heteroatoms. The van der Waals surface area contributed by atoms with Gasteiger partial charge in [-0.1, -0.05) is 85.8 Å². The Balaban J connectivity index is 1.16. The number of halogens is 3. The van der Waals surface area contributed by atoms with Gasteiger partial charge in [0.2, 0.25) is 5.91 Å². The minimum atomic E-state index is -5.04. The first-order valence-electron chi connectivity index (χ1n) is 17.2. The number of carbonyl (C=O) groups is 3. The van der Waals surface area contributed by atoms with Crippen LogP contribution in [-0.4, -0.2) is 63.5 Å². The highest BCUT2D eigenvalue weighted by molar-refractivity contribution is 7.99. The van der Waals surface area contributed by atoms with Crippen LogP contribution in [-0.2, 0) is 32.2 Å². The first kappa shape index (κ1) is 38.0. The van der Waals surface area contributed by atoms with Gasteiger partial charge in [-0.05, 0) is 58.9 Å². The number of carboxylic acid groups (broad SMARTS) is 1. The van der Waals surface area contributed by atoms with Crippen LogP contribution in [0, 0.1) is 5.92 Å². The molecule has 4 aromatic rings. The average molecular weight is 749 g/mol. The number of alkyl halides is 3. The molecule has 2 aliphatic heterocycles. The monoisotopic (exact) mass is 748 g/mol. The molecule has 0 radical (unpaired) electrons. The van der Waals surface area contributed by atoms with Crippen molar-refractivity contribution in [2.45, 2.75) is 68.5 Å². The molecular weight excluding hydrogens is 710 g/mol. The smallest absolute Gasteiger partial charge is 0.471 e. The molecule has 4 aromatic carbocycles. The second-order valence-electron chi connectivity index (χ2n) is 13.1. The number of aromatic carboxylic acids is 1. The summed E-state index contributed by atoms with van der Waals surface area (Å²) < 4.78 is 52.2. The quantitative estimate of drug-likeness (QED) is 0.137. The topological polar surface area (TPSA) is 125 Å². The molecule has 278 valence electrons. The highest BCUT2D eigenvalue weighted by Gasteiger charge is 2.47. The van der Waals surface area contributed by atoms with Crippen molar-refractivity contribution in [3.05, 3.63) is 125 Å². The van der Waals surface area contributed by atoms with Crippen LogP contribution < -0.4 is 5.32 Å². The number of carbonyl (C=O) groups excluding carboxylic acids is 2. The number of nitrogens with one attached hydrogen (secondary N) is 1. The SMILES string of the molecule is C[C@H]1[C@@H](CSc2ccccc2C(=O)O)O[C@@H](c2ccc(-c3cccc(CNC(=O)[C@@H]4CCCN4C(=O)C(F)(F)F)c3)cc2)O[C@H]1c1ccc(CO)cc1.